The predicted molar refractivity (Wildman–Crippen MR) is 122 cm³/mol. The molecule has 0 heterocycles. The van der Waals surface area contributed by atoms with Gasteiger partial charge in [0.05, 0.1) is 10.0 Å². The highest BCUT2D eigenvalue weighted by Crippen LogP contribution is 2.36. The summed E-state index contributed by atoms with van der Waals surface area (Å²) < 4.78 is 11.4. The van der Waals surface area contributed by atoms with Crippen molar-refractivity contribution in [1.82, 2.24) is 0 Å². The minimum atomic E-state index is 0.121. The molecule has 0 aromatic heterocycles. The van der Waals surface area contributed by atoms with Crippen LogP contribution in [0, 0.1) is 0 Å². The Hall–Kier alpha value is -2.04. The fourth-order valence-corrected chi connectivity index (χ4v) is 3.21. The van der Waals surface area contributed by atoms with E-state index in [1.54, 1.807) is 12.1 Å². The zero-order chi connectivity index (χ0) is 20.6. The summed E-state index contributed by atoms with van der Waals surface area (Å²) in [7, 11) is 0. The van der Waals surface area contributed by atoms with E-state index in [1.165, 1.54) is 6.08 Å². The van der Waals surface area contributed by atoms with Crippen LogP contribution in [-0.2, 0) is 6.54 Å². The Morgan fingerprint density at radius 1 is 0.862 bits per heavy atom. The van der Waals surface area contributed by atoms with Gasteiger partial charge in [0.15, 0.2) is 5.75 Å². The molecule has 0 aliphatic carbocycles. The van der Waals surface area contributed by atoms with Gasteiger partial charge in [0.2, 0.25) is 0 Å². The van der Waals surface area contributed by atoms with Crippen LogP contribution in [0.25, 0.3) is 0 Å². The number of hydrogen-bond acceptors (Lipinski definition) is 3. The Morgan fingerprint density at radius 3 is 2.10 bits per heavy atom. The van der Waals surface area contributed by atoms with Gasteiger partial charge in [0, 0.05) is 12.2 Å². The maximum Gasteiger partial charge on any atom is 0.157 e. The average molecular weight is 469 g/mol. The Kier molecular flexibility index (Phi) is 7.96. The summed E-state index contributed by atoms with van der Waals surface area (Å²) in [6.07, 6.45) is 1.51. The molecule has 0 amide bonds. The lowest BCUT2D eigenvalue weighted by atomic mass is 10.2. The van der Waals surface area contributed by atoms with Crippen LogP contribution in [-0.4, -0.2) is 6.61 Å². The second kappa shape index (κ2) is 10.7. The van der Waals surface area contributed by atoms with Crippen LogP contribution in [0.2, 0.25) is 10.0 Å². The standard InChI is InChI=1S/C22H17Cl4NO2/c23-19-12-16(13-20(24)22(19)28-11-10-21(25)26)27-14-15-6-8-18(9-7-15)29-17-4-2-1-3-5-17/h1-10,12-13,27H,11,14H2. The first-order chi connectivity index (χ1) is 14.0. The highest BCUT2D eigenvalue weighted by Gasteiger charge is 2.10. The summed E-state index contributed by atoms with van der Waals surface area (Å²) in [5.41, 5.74) is 1.86. The average Bonchev–Trinajstić information content (AvgIpc) is 2.70. The smallest absolute Gasteiger partial charge is 0.157 e. The molecule has 1 N–H and O–H groups in total. The molecule has 3 aromatic carbocycles. The van der Waals surface area contributed by atoms with E-state index in [2.05, 4.69) is 5.32 Å². The van der Waals surface area contributed by atoms with Gasteiger partial charge in [0.25, 0.3) is 0 Å². The Labute approximate surface area is 189 Å². The van der Waals surface area contributed by atoms with Crippen LogP contribution in [0.5, 0.6) is 17.2 Å². The third kappa shape index (κ3) is 6.76. The fraction of sp³-hybridized carbons (Fsp3) is 0.0909. The molecular weight excluding hydrogens is 452 g/mol. The summed E-state index contributed by atoms with van der Waals surface area (Å²) in [6.45, 7) is 0.773. The molecule has 0 fully saturated rings. The van der Waals surface area contributed by atoms with E-state index >= 15 is 0 Å². The first-order valence-electron chi connectivity index (χ1n) is 8.70. The lowest BCUT2D eigenvalue weighted by Gasteiger charge is -2.12. The van der Waals surface area contributed by atoms with Gasteiger partial charge in [-0.25, -0.2) is 0 Å². The van der Waals surface area contributed by atoms with Crippen molar-refractivity contribution in [3.8, 4) is 17.2 Å². The molecular formula is C22H17Cl4NO2. The minimum Gasteiger partial charge on any atom is -0.486 e. The van der Waals surface area contributed by atoms with Crippen molar-refractivity contribution in [2.24, 2.45) is 0 Å². The molecule has 7 heteroatoms. The van der Waals surface area contributed by atoms with Crippen LogP contribution in [0.1, 0.15) is 5.56 Å². The third-order valence-electron chi connectivity index (χ3n) is 3.86. The normalized spacial score (nSPS) is 10.3. The van der Waals surface area contributed by atoms with Crippen LogP contribution >= 0.6 is 46.4 Å². The van der Waals surface area contributed by atoms with Gasteiger partial charge in [0.1, 0.15) is 22.6 Å². The van der Waals surface area contributed by atoms with E-state index < -0.39 is 0 Å². The molecule has 0 unspecified atom stereocenters. The summed E-state index contributed by atoms with van der Waals surface area (Å²) in [6, 6.07) is 21.0. The van der Waals surface area contributed by atoms with E-state index in [0.717, 1.165) is 22.7 Å². The van der Waals surface area contributed by atoms with E-state index in [9.17, 15) is 0 Å². The number of anilines is 1. The molecule has 3 aromatic rings. The van der Waals surface area contributed by atoms with Crippen LogP contribution < -0.4 is 14.8 Å². The van der Waals surface area contributed by atoms with Gasteiger partial charge < -0.3 is 14.8 Å². The van der Waals surface area contributed by atoms with Gasteiger partial charge in [-0.05, 0) is 48.0 Å². The second-order valence-corrected chi connectivity index (χ2v) is 7.81. The van der Waals surface area contributed by atoms with Gasteiger partial charge in [-0.2, -0.15) is 0 Å². The lowest BCUT2D eigenvalue weighted by Crippen LogP contribution is -2.01. The Balaban J connectivity index is 1.58. The molecule has 3 rings (SSSR count). The molecule has 29 heavy (non-hydrogen) atoms. The fourth-order valence-electron chi connectivity index (χ4n) is 2.49. The third-order valence-corrected chi connectivity index (χ3v) is 4.73. The molecule has 0 aliphatic rings. The first kappa shape index (κ1) is 21.7. The van der Waals surface area contributed by atoms with Gasteiger partial charge in [-0.15, -0.1) is 0 Å². The molecule has 0 saturated heterocycles. The topological polar surface area (TPSA) is 30.5 Å². The highest BCUT2D eigenvalue weighted by molar-refractivity contribution is 6.55. The number of halogens is 4. The van der Waals surface area contributed by atoms with Crippen molar-refractivity contribution in [2.75, 3.05) is 11.9 Å². The van der Waals surface area contributed by atoms with Crippen LogP contribution in [0.3, 0.4) is 0 Å². The summed E-state index contributed by atoms with van der Waals surface area (Å²) >= 11 is 23.7. The Morgan fingerprint density at radius 2 is 1.48 bits per heavy atom. The maximum absolute atomic E-state index is 6.28. The monoisotopic (exact) mass is 467 g/mol. The second-order valence-electron chi connectivity index (χ2n) is 5.99. The van der Waals surface area contributed by atoms with Crippen molar-refractivity contribution in [3.63, 3.8) is 0 Å². The van der Waals surface area contributed by atoms with Crippen LogP contribution in [0.15, 0.2) is 77.3 Å². The predicted octanol–water partition coefficient (Wildman–Crippen LogP) is 8.10. The number of benzene rings is 3. The van der Waals surface area contributed by atoms with E-state index in [1.807, 2.05) is 54.6 Å². The summed E-state index contributed by atoms with van der Waals surface area (Å²) in [4.78, 5) is 0. The zero-order valence-electron chi connectivity index (χ0n) is 15.2. The molecule has 3 nitrogen and oxygen atoms in total. The summed E-state index contributed by atoms with van der Waals surface area (Å²) in [5.74, 6) is 1.96. The van der Waals surface area contributed by atoms with Crippen molar-refractivity contribution >= 4 is 52.1 Å². The minimum absolute atomic E-state index is 0.121. The van der Waals surface area contributed by atoms with Gasteiger partial charge in [-0.1, -0.05) is 76.7 Å². The van der Waals surface area contributed by atoms with Gasteiger partial charge in [-0.3, -0.25) is 0 Å². The number of ether oxygens (including phenoxy) is 2. The van der Waals surface area contributed by atoms with Gasteiger partial charge >= 0.3 is 0 Å². The molecule has 0 bridgehead atoms. The SMILES string of the molecule is ClC(Cl)=CCOc1c(Cl)cc(NCc2ccc(Oc3ccccc3)cc2)cc1Cl. The van der Waals surface area contributed by atoms with Crippen molar-refractivity contribution in [2.45, 2.75) is 6.54 Å². The number of nitrogens with one attached hydrogen (secondary N) is 1. The number of para-hydroxylation sites is 1. The largest absolute Gasteiger partial charge is 0.486 e. The highest BCUT2D eigenvalue weighted by atomic mass is 35.5. The van der Waals surface area contributed by atoms with E-state index in [-0.39, 0.29) is 11.1 Å². The quantitative estimate of drug-likeness (QED) is 0.362. The lowest BCUT2D eigenvalue weighted by molar-refractivity contribution is 0.363. The number of hydrogen-bond donors (Lipinski definition) is 1. The van der Waals surface area contributed by atoms with Crippen molar-refractivity contribution in [1.29, 1.82) is 0 Å². The molecule has 0 saturated carbocycles. The van der Waals surface area contributed by atoms with E-state index in [0.29, 0.717) is 22.3 Å². The van der Waals surface area contributed by atoms with Crippen molar-refractivity contribution in [3.05, 3.63) is 92.9 Å². The molecule has 0 aliphatic heterocycles. The molecule has 0 radical (unpaired) electrons. The first-order valence-corrected chi connectivity index (χ1v) is 10.2. The maximum atomic E-state index is 6.28. The molecule has 0 atom stereocenters. The zero-order valence-corrected chi connectivity index (χ0v) is 18.2. The van der Waals surface area contributed by atoms with Crippen LogP contribution in [0.4, 0.5) is 5.69 Å². The molecule has 0 spiro atoms. The number of rotatable bonds is 8. The van der Waals surface area contributed by atoms with Crippen molar-refractivity contribution < 1.29 is 9.47 Å². The summed E-state index contributed by atoms with van der Waals surface area (Å²) in [5, 5.41) is 4.08. The van der Waals surface area contributed by atoms with E-state index in [4.69, 9.17) is 55.9 Å². The Bertz CT molecular complexity index is 949. The molecule has 150 valence electrons.